The van der Waals surface area contributed by atoms with Gasteiger partial charge in [-0.15, -0.1) is 11.3 Å². The smallest absolute Gasteiger partial charge is 0.244 e. The van der Waals surface area contributed by atoms with Gasteiger partial charge in [0.25, 0.3) is 0 Å². The fourth-order valence-corrected chi connectivity index (χ4v) is 5.81. The Morgan fingerprint density at radius 1 is 1.45 bits per heavy atom. The summed E-state index contributed by atoms with van der Waals surface area (Å²) in [5, 5.41) is 4.84. The molecule has 1 aliphatic heterocycles. The highest BCUT2D eigenvalue weighted by Gasteiger charge is 2.33. The third-order valence-corrected chi connectivity index (χ3v) is 6.80. The average molecular weight is 316 g/mol. The summed E-state index contributed by atoms with van der Waals surface area (Å²) in [6.07, 6.45) is 5.12. The van der Waals surface area contributed by atoms with Crippen LogP contribution in [-0.2, 0) is 16.6 Å². The van der Waals surface area contributed by atoms with Crippen molar-refractivity contribution in [1.29, 1.82) is 0 Å². The second kappa shape index (κ2) is 7.02. The van der Waals surface area contributed by atoms with E-state index in [-0.39, 0.29) is 6.04 Å². The van der Waals surface area contributed by atoms with Crippen LogP contribution in [0.1, 0.15) is 43.9 Å². The molecule has 0 radical (unpaired) electrons. The van der Waals surface area contributed by atoms with E-state index >= 15 is 0 Å². The molecule has 6 heteroatoms. The van der Waals surface area contributed by atoms with Crippen molar-refractivity contribution < 1.29 is 8.42 Å². The number of hydrogen-bond acceptors (Lipinski definition) is 4. The van der Waals surface area contributed by atoms with E-state index < -0.39 is 10.0 Å². The first-order chi connectivity index (χ1) is 9.59. The fourth-order valence-electron chi connectivity index (χ4n) is 2.81. The predicted octanol–water partition coefficient (Wildman–Crippen LogP) is 2.81. The zero-order chi connectivity index (χ0) is 14.6. The SMILES string of the molecule is CCCC1CCCCN1S(=O)(=O)c1csc(CNC)c1. The summed E-state index contributed by atoms with van der Waals surface area (Å²) in [4.78, 5) is 1.53. The first-order valence-corrected chi connectivity index (χ1v) is 9.65. The van der Waals surface area contributed by atoms with E-state index in [0.717, 1.165) is 43.5 Å². The Kier molecular flexibility index (Phi) is 5.60. The molecule has 0 aliphatic carbocycles. The summed E-state index contributed by atoms with van der Waals surface area (Å²) in [6, 6.07) is 2.00. The van der Waals surface area contributed by atoms with Gasteiger partial charge in [-0.25, -0.2) is 8.42 Å². The molecule has 0 amide bonds. The Hall–Kier alpha value is -0.430. The molecule has 0 spiro atoms. The lowest BCUT2D eigenvalue weighted by molar-refractivity contribution is 0.239. The van der Waals surface area contributed by atoms with Crippen molar-refractivity contribution in [3.05, 3.63) is 16.3 Å². The van der Waals surface area contributed by atoms with Gasteiger partial charge in [0.2, 0.25) is 10.0 Å². The number of sulfonamides is 1. The van der Waals surface area contributed by atoms with Gasteiger partial charge in [0.1, 0.15) is 0 Å². The molecule has 1 aromatic rings. The maximum absolute atomic E-state index is 12.8. The second-order valence-electron chi connectivity index (χ2n) is 5.33. The van der Waals surface area contributed by atoms with Crippen LogP contribution in [0.5, 0.6) is 0 Å². The molecule has 1 aromatic heterocycles. The molecule has 1 unspecified atom stereocenters. The van der Waals surface area contributed by atoms with E-state index in [4.69, 9.17) is 0 Å². The van der Waals surface area contributed by atoms with E-state index in [9.17, 15) is 8.42 Å². The molecule has 20 heavy (non-hydrogen) atoms. The summed E-state index contributed by atoms with van der Waals surface area (Å²) >= 11 is 1.51. The first kappa shape index (κ1) is 15.9. The monoisotopic (exact) mass is 316 g/mol. The lowest BCUT2D eigenvalue weighted by Gasteiger charge is -2.34. The highest BCUT2D eigenvalue weighted by Crippen LogP contribution is 2.29. The molecule has 0 saturated carbocycles. The standard InChI is InChI=1S/C14H24N2O2S2/c1-3-6-12-7-4-5-8-16(12)20(17,18)14-9-13(10-15-2)19-11-14/h9,11-12,15H,3-8,10H2,1-2H3. The van der Waals surface area contributed by atoms with Crippen LogP contribution in [0.4, 0.5) is 0 Å². The second-order valence-corrected chi connectivity index (χ2v) is 8.22. The van der Waals surface area contributed by atoms with E-state index in [2.05, 4.69) is 12.2 Å². The molecule has 1 aliphatic rings. The van der Waals surface area contributed by atoms with Crippen molar-refractivity contribution in [3.63, 3.8) is 0 Å². The highest BCUT2D eigenvalue weighted by atomic mass is 32.2. The third-order valence-electron chi connectivity index (χ3n) is 3.78. The van der Waals surface area contributed by atoms with Crippen molar-refractivity contribution in [3.8, 4) is 0 Å². The molecule has 1 N–H and O–H groups in total. The maximum Gasteiger partial charge on any atom is 0.244 e. The van der Waals surface area contributed by atoms with Gasteiger partial charge in [-0.3, -0.25) is 0 Å². The molecule has 1 atom stereocenters. The number of nitrogens with one attached hydrogen (secondary N) is 1. The highest BCUT2D eigenvalue weighted by molar-refractivity contribution is 7.89. The number of rotatable bonds is 6. The van der Waals surface area contributed by atoms with Gasteiger partial charge in [-0.05, 0) is 32.4 Å². The Morgan fingerprint density at radius 2 is 2.25 bits per heavy atom. The van der Waals surface area contributed by atoms with E-state index in [1.807, 2.05) is 13.1 Å². The maximum atomic E-state index is 12.8. The average Bonchev–Trinajstić information content (AvgIpc) is 2.89. The molecule has 114 valence electrons. The first-order valence-electron chi connectivity index (χ1n) is 7.33. The summed E-state index contributed by atoms with van der Waals surface area (Å²) in [5.41, 5.74) is 0. The Morgan fingerprint density at radius 3 is 2.95 bits per heavy atom. The summed E-state index contributed by atoms with van der Waals surface area (Å²) in [6.45, 7) is 3.51. The minimum atomic E-state index is -3.31. The van der Waals surface area contributed by atoms with Gasteiger partial charge in [-0.2, -0.15) is 4.31 Å². The fraction of sp³-hybridized carbons (Fsp3) is 0.714. The van der Waals surface area contributed by atoms with Crippen LogP contribution in [-0.4, -0.2) is 32.4 Å². The quantitative estimate of drug-likeness (QED) is 0.878. The van der Waals surface area contributed by atoms with Crippen LogP contribution >= 0.6 is 11.3 Å². The topological polar surface area (TPSA) is 49.4 Å². The van der Waals surface area contributed by atoms with Crippen molar-refractivity contribution in [2.45, 2.75) is 56.5 Å². The van der Waals surface area contributed by atoms with Gasteiger partial charge < -0.3 is 5.32 Å². The van der Waals surface area contributed by atoms with Crippen LogP contribution in [0.2, 0.25) is 0 Å². The molecule has 2 rings (SSSR count). The largest absolute Gasteiger partial charge is 0.315 e. The molecule has 1 fully saturated rings. The Labute approximate surface area is 126 Å². The van der Waals surface area contributed by atoms with Crippen LogP contribution in [0, 0.1) is 0 Å². The van der Waals surface area contributed by atoms with Gasteiger partial charge in [0.05, 0.1) is 4.90 Å². The molecule has 4 nitrogen and oxygen atoms in total. The zero-order valence-corrected chi connectivity index (χ0v) is 13.9. The lowest BCUT2D eigenvalue weighted by atomic mass is 10.0. The number of piperidine rings is 1. The molecular formula is C14H24N2O2S2. The lowest BCUT2D eigenvalue weighted by Crippen LogP contribution is -2.43. The van der Waals surface area contributed by atoms with Gasteiger partial charge >= 0.3 is 0 Å². The molecule has 2 heterocycles. The number of hydrogen-bond donors (Lipinski definition) is 1. The Bertz CT molecular complexity index is 523. The van der Waals surface area contributed by atoms with Crippen molar-refractivity contribution in [2.75, 3.05) is 13.6 Å². The Balaban J connectivity index is 2.22. The zero-order valence-electron chi connectivity index (χ0n) is 12.3. The van der Waals surface area contributed by atoms with Crippen LogP contribution in [0.3, 0.4) is 0 Å². The van der Waals surface area contributed by atoms with E-state index in [1.54, 1.807) is 9.69 Å². The van der Waals surface area contributed by atoms with Crippen LogP contribution < -0.4 is 5.32 Å². The van der Waals surface area contributed by atoms with Crippen molar-refractivity contribution in [2.24, 2.45) is 0 Å². The summed E-state index contributed by atoms with van der Waals surface area (Å²) in [7, 11) is -1.44. The minimum absolute atomic E-state index is 0.186. The molecule has 1 saturated heterocycles. The van der Waals surface area contributed by atoms with Gasteiger partial charge in [-0.1, -0.05) is 19.8 Å². The normalized spacial score (nSPS) is 21.2. The third kappa shape index (κ3) is 3.42. The summed E-state index contributed by atoms with van der Waals surface area (Å²) in [5.74, 6) is 0. The predicted molar refractivity (Wildman–Crippen MR) is 83.5 cm³/mol. The van der Waals surface area contributed by atoms with Crippen molar-refractivity contribution >= 4 is 21.4 Å². The molecule has 0 bridgehead atoms. The minimum Gasteiger partial charge on any atom is -0.315 e. The van der Waals surface area contributed by atoms with Crippen LogP contribution in [0.15, 0.2) is 16.3 Å². The molecule has 0 aromatic carbocycles. The van der Waals surface area contributed by atoms with Crippen molar-refractivity contribution in [1.82, 2.24) is 9.62 Å². The van der Waals surface area contributed by atoms with Gasteiger partial charge in [0, 0.05) is 29.4 Å². The van der Waals surface area contributed by atoms with Gasteiger partial charge in [0.15, 0.2) is 0 Å². The molecular weight excluding hydrogens is 292 g/mol. The van der Waals surface area contributed by atoms with Crippen LogP contribution in [0.25, 0.3) is 0 Å². The number of nitrogens with zero attached hydrogens (tertiary/aromatic N) is 1. The van der Waals surface area contributed by atoms with E-state index in [0.29, 0.717) is 11.4 Å². The summed E-state index contributed by atoms with van der Waals surface area (Å²) < 4.78 is 27.3. The number of thiophene rings is 1. The van der Waals surface area contributed by atoms with E-state index in [1.165, 1.54) is 11.3 Å².